The van der Waals surface area contributed by atoms with Gasteiger partial charge in [-0.25, -0.2) is 4.79 Å². The number of aldehydes is 1. The van der Waals surface area contributed by atoms with Crippen molar-refractivity contribution < 1.29 is 24.2 Å². The molecule has 0 aliphatic heterocycles. The molecular weight excluding hydrogens is 536 g/mol. The van der Waals surface area contributed by atoms with E-state index in [9.17, 15) is 14.4 Å². The Balaban J connectivity index is -0.000000570. The summed E-state index contributed by atoms with van der Waals surface area (Å²) in [5, 5.41) is 9.15. The number of nitrogens with zero attached hydrogens (tertiary/aromatic N) is 2. The minimum Gasteiger partial charge on any atom is -0.477 e. The summed E-state index contributed by atoms with van der Waals surface area (Å²) in [5.41, 5.74) is -0.0106. The fourth-order valence-corrected chi connectivity index (χ4v) is 3.99. The van der Waals surface area contributed by atoms with Crippen molar-refractivity contribution in [3.63, 3.8) is 0 Å². The van der Waals surface area contributed by atoms with Gasteiger partial charge in [0.2, 0.25) is 6.41 Å². The van der Waals surface area contributed by atoms with Gasteiger partial charge in [-0.05, 0) is 67.6 Å². The van der Waals surface area contributed by atoms with Crippen molar-refractivity contribution in [3.05, 3.63) is 15.8 Å². The number of likely N-dealkylation sites (N-methyl/N-ethyl adjacent to an activating group) is 1. The van der Waals surface area contributed by atoms with Gasteiger partial charge in [0.25, 0.3) is 0 Å². The molecule has 0 unspecified atom stereocenters. The molecule has 1 aromatic rings. The summed E-state index contributed by atoms with van der Waals surface area (Å²) in [6.45, 7) is 23.1. The van der Waals surface area contributed by atoms with Gasteiger partial charge >= 0.3 is 5.97 Å². The number of amides is 1. The van der Waals surface area contributed by atoms with Gasteiger partial charge in [0.05, 0.1) is 29.8 Å². The van der Waals surface area contributed by atoms with Crippen LogP contribution in [0.4, 0.5) is 5.69 Å². The average Bonchev–Trinajstić information content (AvgIpc) is 3.37. The van der Waals surface area contributed by atoms with E-state index in [1.54, 1.807) is 0 Å². The highest BCUT2D eigenvalue weighted by Crippen LogP contribution is 2.29. The van der Waals surface area contributed by atoms with Crippen LogP contribution in [0.3, 0.4) is 0 Å². The normalized spacial score (nSPS) is 13.2. The summed E-state index contributed by atoms with van der Waals surface area (Å²) >= 11 is 0.988. The molecule has 0 spiro atoms. The first-order valence-electron chi connectivity index (χ1n) is 15.1. The van der Waals surface area contributed by atoms with E-state index in [1.807, 2.05) is 48.5 Å². The van der Waals surface area contributed by atoms with Gasteiger partial charge in [-0.2, -0.15) is 0 Å². The second-order valence-electron chi connectivity index (χ2n) is 11.0. The molecule has 1 saturated carbocycles. The molecule has 1 fully saturated rings. The molecule has 0 aromatic carbocycles. The van der Waals surface area contributed by atoms with Gasteiger partial charge < -0.3 is 24.4 Å². The fourth-order valence-electron chi connectivity index (χ4n) is 3.12. The summed E-state index contributed by atoms with van der Waals surface area (Å²) in [5.74, 6) is 5.78. The summed E-state index contributed by atoms with van der Waals surface area (Å²) in [7, 11) is 4.13. The van der Waals surface area contributed by atoms with Crippen LogP contribution in [0.2, 0.25) is 0 Å². The van der Waals surface area contributed by atoms with Crippen LogP contribution in [0, 0.1) is 23.2 Å². The predicted octanol–water partition coefficient (Wildman–Crippen LogP) is 8.01. The Hall–Kier alpha value is -2.21. The lowest BCUT2D eigenvalue weighted by molar-refractivity contribution is -0.111. The first-order valence-corrected chi connectivity index (χ1v) is 15.9. The lowest BCUT2D eigenvalue weighted by atomic mass is 9.91. The molecule has 41 heavy (non-hydrogen) atoms. The lowest BCUT2D eigenvalue weighted by Crippen LogP contribution is -2.30. The maximum absolute atomic E-state index is 11.2. The SMILES string of the molecule is CC.CC.CC(C)(C)C#Cc1cc(N(C=O)CC=O)c(C(=O)O)s1.CC(C)OC[C@@H](C)N(C)C.CC1CCCCC1. The molecule has 1 atom stereocenters. The van der Waals surface area contributed by atoms with Crippen molar-refractivity contribution >= 4 is 35.7 Å². The minimum absolute atomic E-state index is 0.00263. The van der Waals surface area contributed by atoms with Crippen LogP contribution in [-0.2, 0) is 14.3 Å². The molecule has 7 nitrogen and oxygen atoms in total. The second-order valence-corrected chi connectivity index (χ2v) is 12.0. The number of hydrogen-bond donors (Lipinski definition) is 1. The number of thiophene rings is 1. The number of ether oxygens (including phenoxy) is 1. The van der Waals surface area contributed by atoms with Crippen molar-refractivity contribution in [3.8, 4) is 11.8 Å². The quantitative estimate of drug-likeness (QED) is 0.230. The van der Waals surface area contributed by atoms with Gasteiger partial charge in [-0.15, -0.1) is 11.3 Å². The highest BCUT2D eigenvalue weighted by molar-refractivity contribution is 7.15. The zero-order valence-electron chi connectivity index (χ0n) is 28.3. The number of carboxylic acids is 1. The van der Waals surface area contributed by atoms with E-state index in [4.69, 9.17) is 9.84 Å². The van der Waals surface area contributed by atoms with Gasteiger partial charge in [0, 0.05) is 11.5 Å². The van der Waals surface area contributed by atoms with E-state index in [-0.39, 0.29) is 22.5 Å². The monoisotopic (exact) mass is 596 g/mol. The molecule has 0 saturated heterocycles. The predicted molar refractivity (Wildman–Crippen MR) is 176 cm³/mol. The molecule has 1 N–H and O–H groups in total. The number of anilines is 1. The van der Waals surface area contributed by atoms with E-state index >= 15 is 0 Å². The molecular formula is C33H60N2O5S. The fraction of sp³-hybridized carbons (Fsp3) is 0.727. The van der Waals surface area contributed by atoms with Gasteiger partial charge in [0.1, 0.15) is 11.2 Å². The Kier molecular flexibility index (Phi) is 26.9. The number of carboxylic acid groups (broad SMARTS) is 1. The standard InChI is InChI=1S/C14H15NO4S.C8H19NO.C7H14.2C2H6/c1-14(2,3)5-4-10-8-11(12(20-10)13(18)19)15(9-17)6-7-16;1-7(2)10-6-8(3)9(4)5;1-7-5-3-2-4-6-7;2*1-2/h7-9H,6H2,1-3H3,(H,18,19);7-8H,6H2,1-5H3;7H,2-6H2,1H3;2*1-2H3/t;8-;;;/m.1.../s1. The van der Waals surface area contributed by atoms with Crippen molar-refractivity contribution in [1.82, 2.24) is 4.90 Å². The summed E-state index contributed by atoms with van der Waals surface area (Å²) in [6.07, 6.45) is 8.76. The molecule has 0 radical (unpaired) electrons. The highest BCUT2D eigenvalue weighted by atomic mass is 32.1. The third kappa shape index (κ3) is 23.1. The van der Waals surface area contributed by atoms with Crippen LogP contribution < -0.4 is 4.90 Å². The van der Waals surface area contributed by atoms with Gasteiger partial charge in [-0.1, -0.05) is 78.6 Å². The van der Waals surface area contributed by atoms with E-state index in [0.717, 1.165) is 28.8 Å². The molecule has 1 aliphatic carbocycles. The van der Waals surface area contributed by atoms with Crippen LogP contribution in [0.15, 0.2) is 6.07 Å². The van der Waals surface area contributed by atoms with Crippen molar-refractivity contribution in [2.24, 2.45) is 11.3 Å². The molecule has 1 amide bonds. The van der Waals surface area contributed by atoms with E-state index in [2.05, 4.69) is 58.5 Å². The Bertz CT molecular complexity index is 872. The zero-order chi connectivity index (χ0) is 32.6. The van der Waals surface area contributed by atoms with E-state index in [0.29, 0.717) is 29.7 Å². The number of aromatic carboxylic acids is 1. The lowest BCUT2D eigenvalue weighted by Gasteiger charge is -2.20. The molecule has 1 heterocycles. The molecule has 0 bridgehead atoms. The van der Waals surface area contributed by atoms with Crippen LogP contribution in [0.5, 0.6) is 0 Å². The van der Waals surface area contributed by atoms with E-state index < -0.39 is 5.97 Å². The van der Waals surface area contributed by atoms with Crippen LogP contribution >= 0.6 is 11.3 Å². The van der Waals surface area contributed by atoms with Crippen LogP contribution in [0.1, 0.15) is 123 Å². The molecule has 238 valence electrons. The minimum atomic E-state index is -1.15. The Morgan fingerprint density at radius 3 is 1.98 bits per heavy atom. The number of hydrogen-bond acceptors (Lipinski definition) is 6. The Labute approximate surface area is 256 Å². The van der Waals surface area contributed by atoms with Gasteiger partial charge in [-0.3, -0.25) is 4.79 Å². The van der Waals surface area contributed by atoms with Crippen molar-refractivity contribution in [2.75, 3.05) is 32.1 Å². The topological polar surface area (TPSA) is 87.2 Å². The largest absolute Gasteiger partial charge is 0.477 e. The summed E-state index contributed by atoms with van der Waals surface area (Å²) in [6, 6.07) is 2.03. The molecule has 1 aromatic heterocycles. The molecule has 1 aliphatic rings. The third-order valence-electron chi connectivity index (χ3n) is 5.62. The van der Waals surface area contributed by atoms with Crippen molar-refractivity contribution in [2.45, 2.75) is 120 Å². The smallest absolute Gasteiger partial charge is 0.348 e. The van der Waals surface area contributed by atoms with Gasteiger partial charge in [0.15, 0.2) is 0 Å². The average molecular weight is 597 g/mol. The summed E-state index contributed by atoms with van der Waals surface area (Å²) in [4.78, 5) is 36.4. The maximum atomic E-state index is 11.2. The first-order chi connectivity index (χ1) is 19.2. The third-order valence-corrected chi connectivity index (χ3v) is 6.65. The second kappa shape index (κ2) is 25.5. The number of carbonyl (C=O) groups is 3. The maximum Gasteiger partial charge on any atom is 0.348 e. The Morgan fingerprint density at radius 2 is 1.63 bits per heavy atom. The van der Waals surface area contributed by atoms with Crippen molar-refractivity contribution in [1.29, 1.82) is 0 Å². The highest BCUT2D eigenvalue weighted by Gasteiger charge is 2.20. The van der Waals surface area contributed by atoms with Crippen LogP contribution in [-0.4, -0.2) is 68.1 Å². The first kappa shape index (κ1) is 43.2. The summed E-state index contributed by atoms with van der Waals surface area (Å²) < 4.78 is 5.42. The molecule has 8 heteroatoms. The zero-order valence-corrected chi connectivity index (χ0v) is 29.1. The number of carbonyl (C=O) groups excluding carboxylic acids is 2. The number of rotatable bonds is 9. The Morgan fingerprint density at radius 1 is 1.10 bits per heavy atom. The van der Waals surface area contributed by atoms with Crippen LogP contribution in [0.25, 0.3) is 0 Å². The van der Waals surface area contributed by atoms with E-state index in [1.165, 1.54) is 38.2 Å². The molecule has 2 rings (SSSR count).